The highest BCUT2D eigenvalue weighted by molar-refractivity contribution is 5.70. The summed E-state index contributed by atoms with van der Waals surface area (Å²) in [5, 5.41) is 3.34. The minimum atomic E-state index is -0.549. The molecule has 0 aliphatic heterocycles. The van der Waals surface area contributed by atoms with Crippen LogP contribution in [0.15, 0.2) is 17.6 Å². The maximum atomic E-state index is 11.5. The Balaban J connectivity index is 2.70. The van der Waals surface area contributed by atoms with Gasteiger partial charge in [0, 0.05) is 11.1 Å². The van der Waals surface area contributed by atoms with Gasteiger partial charge in [0.1, 0.15) is 11.9 Å². The fraction of sp³-hybridized carbons (Fsp3) is 0.556. The number of imidazole rings is 1. The van der Waals surface area contributed by atoms with E-state index in [2.05, 4.69) is 15.0 Å². The molecule has 7 heteroatoms. The highest BCUT2D eigenvalue weighted by atomic mass is 16.6. The summed E-state index contributed by atoms with van der Waals surface area (Å²) in [4.78, 5) is 18.1. The monoisotopic (exact) mass is 223 g/mol. The zero-order chi connectivity index (χ0) is 12.2. The van der Waals surface area contributed by atoms with Crippen LogP contribution in [-0.4, -0.2) is 21.2 Å². The van der Waals surface area contributed by atoms with Crippen molar-refractivity contribution in [2.75, 3.05) is 0 Å². The van der Waals surface area contributed by atoms with Crippen molar-refractivity contribution < 1.29 is 9.53 Å². The van der Waals surface area contributed by atoms with E-state index in [-0.39, 0.29) is 6.54 Å². The van der Waals surface area contributed by atoms with E-state index in [9.17, 15) is 4.79 Å². The number of hydrogen-bond donors (Lipinski definition) is 0. The van der Waals surface area contributed by atoms with Gasteiger partial charge in [-0.25, -0.2) is 14.3 Å². The van der Waals surface area contributed by atoms with Gasteiger partial charge in [-0.2, -0.15) is 0 Å². The van der Waals surface area contributed by atoms with Crippen LogP contribution in [-0.2, 0) is 11.3 Å². The maximum absolute atomic E-state index is 11.5. The molecule has 16 heavy (non-hydrogen) atoms. The Morgan fingerprint density at radius 3 is 2.94 bits per heavy atom. The number of hydrogen-bond acceptors (Lipinski definition) is 4. The first-order valence-corrected chi connectivity index (χ1v) is 4.69. The van der Waals surface area contributed by atoms with Gasteiger partial charge in [-0.05, 0) is 26.3 Å². The quantitative estimate of drug-likeness (QED) is 0.438. The summed E-state index contributed by atoms with van der Waals surface area (Å²) in [6.07, 6.45) is 2.30. The van der Waals surface area contributed by atoms with Crippen LogP contribution in [0, 0.1) is 0 Å². The van der Waals surface area contributed by atoms with Gasteiger partial charge in [0.05, 0.1) is 12.2 Å². The van der Waals surface area contributed by atoms with E-state index in [1.807, 2.05) is 0 Å². The first kappa shape index (κ1) is 12.1. The van der Waals surface area contributed by atoms with Gasteiger partial charge < -0.3 is 4.74 Å². The van der Waals surface area contributed by atoms with Crippen LogP contribution in [0.5, 0.6) is 0 Å². The highest BCUT2D eigenvalue weighted by Crippen LogP contribution is 2.09. The summed E-state index contributed by atoms with van der Waals surface area (Å²) in [6.45, 7) is 5.46. The first-order chi connectivity index (χ1) is 7.42. The van der Waals surface area contributed by atoms with Crippen LogP contribution < -0.4 is 0 Å². The summed E-state index contributed by atoms with van der Waals surface area (Å²) in [5.41, 5.74) is 8.10. The zero-order valence-electron chi connectivity index (χ0n) is 9.41. The van der Waals surface area contributed by atoms with Gasteiger partial charge in [0.25, 0.3) is 0 Å². The topological polar surface area (TPSA) is 92.9 Å². The van der Waals surface area contributed by atoms with E-state index in [0.29, 0.717) is 5.69 Å². The van der Waals surface area contributed by atoms with E-state index < -0.39 is 11.7 Å². The maximum Gasteiger partial charge on any atom is 0.419 e. The molecular formula is C9H13N5O2. The molecule has 0 atom stereocenters. The lowest BCUT2D eigenvalue weighted by atomic mass is 10.2. The van der Waals surface area contributed by atoms with Crippen LogP contribution in [0.2, 0.25) is 0 Å². The molecule has 0 fully saturated rings. The van der Waals surface area contributed by atoms with E-state index in [4.69, 9.17) is 10.3 Å². The molecule has 0 unspecified atom stereocenters. The van der Waals surface area contributed by atoms with Crippen LogP contribution in [0.1, 0.15) is 26.5 Å². The van der Waals surface area contributed by atoms with Crippen molar-refractivity contribution in [3.8, 4) is 0 Å². The summed E-state index contributed by atoms with van der Waals surface area (Å²) in [5.74, 6) is 0. The molecule has 1 rings (SSSR count). The molecule has 0 bridgehead atoms. The van der Waals surface area contributed by atoms with Crippen LogP contribution in [0.25, 0.3) is 10.4 Å². The van der Waals surface area contributed by atoms with Gasteiger partial charge in [-0.3, -0.25) is 0 Å². The molecule has 0 aliphatic rings. The lowest BCUT2D eigenvalue weighted by Crippen LogP contribution is -2.26. The van der Waals surface area contributed by atoms with Crippen LogP contribution >= 0.6 is 0 Å². The second-order valence-electron chi connectivity index (χ2n) is 4.14. The molecule has 0 radical (unpaired) electrons. The van der Waals surface area contributed by atoms with Crippen LogP contribution in [0.3, 0.4) is 0 Å². The molecule has 0 spiro atoms. The SMILES string of the molecule is CC(C)(C)OC(=O)n1cnc(CN=[N+]=[N-])c1. The molecule has 0 aromatic carbocycles. The molecular weight excluding hydrogens is 210 g/mol. The van der Waals surface area contributed by atoms with Gasteiger partial charge in [-0.15, -0.1) is 0 Å². The van der Waals surface area contributed by atoms with Crippen molar-refractivity contribution in [1.82, 2.24) is 9.55 Å². The molecule has 1 heterocycles. The van der Waals surface area contributed by atoms with E-state index in [1.54, 1.807) is 20.8 Å². The third-order valence-electron chi connectivity index (χ3n) is 1.54. The molecule has 1 aromatic heterocycles. The zero-order valence-corrected chi connectivity index (χ0v) is 9.41. The molecule has 1 aromatic rings. The molecule has 0 amide bonds. The summed E-state index contributed by atoms with van der Waals surface area (Å²) < 4.78 is 6.34. The fourth-order valence-corrected chi connectivity index (χ4v) is 0.964. The Bertz CT molecular complexity index is 425. The van der Waals surface area contributed by atoms with E-state index in [1.165, 1.54) is 17.1 Å². The van der Waals surface area contributed by atoms with Gasteiger partial charge >= 0.3 is 6.09 Å². The highest BCUT2D eigenvalue weighted by Gasteiger charge is 2.17. The van der Waals surface area contributed by atoms with Gasteiger partial charge in [0.15, 0.2) is 0 Å². The summed E-state index contributed by atoms with van der Waals surface area (Å²) in [7, 11) is 0. The number of rotatable bonds is 2. The number of carbonyl (C=O) groups is 1. The van der Waals surface area contributed by atoms with Crippen molar-refractivity contribution in [2.24, 2.45) is 5.11 Å². The largest absolute Gasteiger partial charge is 0.443 e. The Morgan fingerprint density at radius 1 is 1.69 bits per heavy atom. The minimum absolute atomic E-state index is 0.117. The smallest absolute Gasteiger partial charge is 0.419 e. The first-order valence-electron chi connectivity index (χ1n) is 4.69. The minimum Gasteiger partial charge on any atom is -0.443 e. The van der Waals surface area contributed by atoms with E-state index >= 15 is 0 Å². The van der Waals surface area contributed by atoms with Crippen molar-refractivity contribution in [3.05, 3.63) is 28.7 Å². The molecule has 86 valence electrons. The number of azide groups is 1. The second-order valence-corrected chi connectivity index (χ2v) is 4.14. The number of carbonyl (C=O) groups excluding carboxylic acids is 1. The Morgan fingerprint density at radius 2 is 2.38 bits per heavy atom. The standard InChI is InChI=1S/C9H13N5O2/c1-9(2,3)16-8(15)14-5-7(11-6-14)4-12-13-10/h5-6H,4H2,1-3H3. The van der Waals surface area contributed by atoms with Crippen LogP contribution in [0.4, 0.5) is 4.79 Å². The average molecular weight is 223 g/mol. The normalized spacial score (nSPS) is 10.7. The molecule has 7 nitrogen and oxygen atoms in total. The fourth-order valence-electron chi connectivity index (χ4n) is 0.964. The van der Waals surface area contributed by atoms with Crippen molar-refractivity contribution in [3.63, 3.8) is 0 Å². The van der Waals surface area contributed by atoms with Crippen molar-refractivity contribution in [1.29, 1.82) is 0 Å². The lowest BCUT2D eigenvalue weighted by molar-refractivity contribution is 0.0536. The summed E-state index contributed by atoms with van der Waals surface area (Å²) >= 11 is 0. The molecule has 0 aliphatic carbocycles. The van der Waals surface area contributed by atoms with Gasteiger partial charge in [-0.1, -0.05) is 5.11 Å². The third-order valence-corrected chi connectivity index (χ3v) is 1.54. The summed E-state index contributed by atoms with van der Waals surface area (Å²) in [6, 6.07) is 0. The number of aromatic nitrogens is 2. The predicted molar refractivity (Wildman–Crippen MR) is 56.7 cm³/mol. The Labute approximate surface area is 92.7 Å². The molecule has 0 saturated heterocycles. The Kier molecular flexibility index (Phi) is 3.52. The number of nitrogens with zero attached hydrogens (tertiary/aromatic N) is 5. The predicted octanol–water partition coefficient (Wildman–Crippen LogP) is 2.48. The third kappa shape index (κ3) is 3.62. The molecule has 0 N–H and O–H groups in total. The lowest BCUT2D eigenvalue weighted by Gasteiger charge is -2.18. The van der Waals surface area contributed by atoms with E-state index in [0.717, 1.165) is 0 Å². The van der Waals surface area contributed by atoms with Crippen molar-refractivity contribution in [2.45, 2.75) is 32.9 Å². The Hall–Kier alpha value is -2.01. The second kappa shape index (κ2) is 4.67. The average Bonchev–Trinajstić information content (AvgIpc) is 2.60. The number of ether oxygens (including phenoxy) is 1. The molecule has 0 saturated carbocycles. The van der Waals surface area contributed by atoms with Gasteiger partial charge in [0.2, 0.25) is 0 Å². The van der Waals surface area contributed by atoms with Crippen molar-refractivity contribution >= 4 is 6.09 Å².